The Morgan fingerprint density at radius 1 is 1.07 bits per heavy atom. The maximum Gasteiger partial charge on any atom is 0.335 e. The molecule has 1 amide bonds. The molecule has 226 valence electrons. The van der Waals surface area contributed by atoms with Gasteiger partial charge in [0, 0.05) is 31.7 Å². The topological polar surface area (TPSA) is 145 Å². The first-order valence-corrected chi connectivity index (χ1v) is 14.6. The number of likely N-dealkylation sites (tertiary alicyclic amines) is 1. The average molecular weight is 595 g/mol. The third-order valence-electron chi connectivity index (χ3n) is 8.24. The molecule has 0 bridgehead atoms. The maximum atomic E-state index is 14.0. The molecule has 12 nitrogen and oxygen atoms in total. The molecule has 12 heteroatoms. The summed E-state index contributed by atoms with van der Waals surface area (Å²) in [5.41, 5.74) is 6.89. The van der Waals surface area contributed by atoms with Crippen molar-refractivity contribution in [2.24, 2.45) is 0 Å². The van der Waals surface area contributed by atoms with Crippen LogP contribution in [0.1, 0.15) is 26.3 Å². The van der Waals surface area contributed by atoms with E-state index in [0.717, 1.165) is 13.1 Å². The number of benzene rings is 2. The van der Waals surface area contributed by atoms with Gasteiger partial charge in [0.15, 0.2) is 11.5 Å². The number of nitriles is 1. The van der Waals surface area contributed by atoms with E-state index in [-0.39, 0.29) is 35.6 Å². The van der Waals surface area contributed by atoms with Crippen molar-refractivity contribution in [3.05, 3.63) is 83.1 Å². The Bertz CT molecular complexity index is 1800. The second-order valence-corrected chi connectivity index (χ2v) is 11.4. The zero-order valence-corrected chi connectivity index (χ0v) is 24.7. The van der Waals surface area contributed by atoms with Gasteiger partial charge < -0.3 is 20.1 Å². The molecule has 2 aromatic heterocycles. The molecule has 6 rings (SSSR count). The number of morpholine rings is 1. The summed E-state index contributed by atoms with van der Waals surface area (Å²) >= 11 is 0. The number of para-hydroxylation sites is 1. The highest BCUT2D eigenvalue weighted by Gasteiger charge is 2.35. The lowest BCUT2D eigenvalue weighted by molar-refractivity contribution is -0.125. The zero-order chi connectivity index (χ0) is 30.8. The number of hydrogen-bond donors (Lipinski definition) is 1. The minimum atomic E-state index is -0.496. The van der Waals surface area contributed by atoms with E-state index in [1.165, 1.54) is 10.9 Å². The number of ether oxygens (including phenoxy) is 2. The molecular formula is C32H34N8O4. The summed E-state index contributed by atoms with van der Waals surface area (Å²) in [5.74, 6) is 1.13. The van der Waals surface area contributed by atoms with Gasteiger partial charge in [-0.3, -0.25) is 18.8 Å². The fourth-order valence-corrected chi connectivity index (χ4v) is 5.96. The summed E-state index contributed by atoms with van der Waals surface area (Å²) in [4.78, 5) is 40.0. The zero-order valence-electron chi connectivity index (χ0n) is 24.7. The van der Waals surface area contributed by atoms with Gasteiger partial charge in [0.05, 0.1) is 24.9 Å². The summed E-state index contributed by atoms with van der Waals surface area (Å²) in [6, 6.07) is 18.3. The van der Waals surface area contributed by atoms with E-state index in [1.54, 1.807) is 39.8 Å². The number of nitrogen functional groups attached to an aromatic ring is 1. The molecule has 2 aromatic carbocycles. The van der Waals surface area contributed by atoms with Crippen LogP contribution < -0.4 is 16.2 Å². The van der Waals surface area contributed by atoms with Gasteiger partial charge in [0.25, 0.3) is 5.91 Å². The van der Waals surface area contributed by atoms with E-state index in [1.807, 2.05) is 44.2 Å². The number of anilines is 1. The molecular weight excluding hydrogens is 560 g/mol. The van der Waals surface area contributed by atoms with Crippen LogP contribution in [0.4, 0.5) is 5.82 Å². The van der Waals surface area contributed by atoms with Crippen molar-refractivity contribution in [2.45, 2.75) is 31.8 Å². The van der Waals surface area contributed by atoms with Gasteiger partial charge in [-0.2, -0.15) is 5.26 Å². The number of carbonyl (C=O) groups is 1. The third kappa shape index (κ3) is 5.55. The molecule has 2 saturated heterocycles. The summed E-state index contributed by atoms with van der Waals surface area (Å²) in [6.45, 7) is 7.31. The highest BCUT2D eigenvalue weighted by atomic mass is 16.5. The molecule has 2 N–H and O–H groups in total. The fourth-order valence-electron chi connectivity index (χ4n) is 5.96. The van der Waals surface area contributed by atoms with Crippen LogP contribution >= 0.6 is 0 Å². The smallest absolute Gasteiger partial charge is 0.335 e. The first-order chi connectivity index (χ1) is 21.3. The minimum Gasteiger partial charge on any atom is -0.457 e. The lowest BCUT2D eigenvalue weighted by Gasteiger charge is -2.39. The van der Waals surface area contributed by atoms with Gasteiger partial charge in [-0.15, -0.1) is 0 Å². The van der Waals surface area contributed by atoms with Gasteiger partial charge in [-0.05, 0) is 62.7 Å². The number of fused-ring (bicyclic) bond motifs is 1. The number of imidazole rings is 1. The number of carbonyl (C=O) groups excluding carboxylic acids is 1. The van der Waals surface area contributed by atoms with Gasteiger partial charge in [0.2, 0.25) is 0 Å². The molecule has 0 aliphatic carbocycles. The average Bonchev–Trinajstić information content (AvgIpc) is 3.64. The van der Waals surface area contributed by atoms with Crippen molar-refractivity contribution < 1.29 is 14.3 Å². The highest BCUT2D eigenvalue weighted by Crippen LogP contribution is 2.30. The summed E-state index contributed by atoms with van der Waals surface area (Å²) < 4.78 is 14.4. The van der Waals surface area contributed by atoms with E-state index >= 15 is 0 Å². The number of aromatic nitrogens is 4. The molecule has 1 atom stereocenters. The SMILES string of the molecule is CC(C)(C=C(C#N)C(=O)N1CC[C@H](n2c(=O)n(-c3ccc(Oc4ccccc4)cc3)c3c(N)ncnc32)C1)N1CCOCC1. The lowest BCUT2D eigenvalue weighted by atomic mass is 9.98. The van der Waals surface area contributed by atoms with Crippen molar-refractivity contribution in [2.75, 3.05) is 45.1 Å². The predicted molar refractivity (Wildman–Crippen MR) is 164 cm³/mol. The van der Waals surface area contributed by atoms with Crippen LogP contribution in [0, 0.1) is 11.3 Å². The van der Waals surface area contributed by atoms with Crippen LogP contribution in [0.5, 0.6) is 11.5 Å². The molecule has 2 aliphatic rings. The quantitative estimate of drug-likeness (QED) is 0.252. The molecule has 4 heterocycles. The summed E-state index contributed by atoms with van der Waals surface area (Å²) in [5, 5.41) is 9.94. The number of amides is 1. The minimum absolute atomic E-state index is 0.0845. The Balaban J connectivity index is 1.28. The van der Waals surface area contributed by atoms with Gasteiger partial charge >= 0.3 is 5.69 Å². The van der Waals surface area contributed by atoms with Crippen LogP contribution in [-0.2, 0) is 9.53 Å². The Morgan fingerprint density at radius 2 is 1.77 bits per heavy atom. The Morgan fingerprint density at radius 3 is 2.48 bits per heavy atom. The second kappa shape index (κ2) is 11.9. The van der Waals surface area contributed by atoms with Crippen molar-refractivity contribution in [1.29, 1.82) is 5.26 Å². The molecule has 2 fully saturated rings. The van der Waals surface area contributed by atoms with E-state index in [2.05, 4.69) is 20.9 Å². The summed E-state index contributed by atoms with van der Waals surface area (Å²) in [6.07, 6.45) is 3.59. The second-order valence-electron chi connectivity index (χ2n) is 11.4. The predicted octanol–water partition coefficient (Wildman–Crippen LogP) is 3.29. The first-order valence-electron chi connectivity index (χ1n) is 14.6. The Hall–Kier alpha value is -4.99. The normalized spacial score (nSPS) is 18.0. The number of nitrogens with two attached hydrogens (primary N) is 1. The Kier molecular flexibility index (Phi) is 7.90. The largest absolute Gasteiger partial charge is 0.457 e. The lowest BCUT2D eigenvalue weighted by Crippen LogP contribution is -2.49. The molecule has 0 unspecified atom stereocenters. The van der Waals surface area contributed by atoms with Crippen molar-refractivity contribution in [3.63, 3.8) is 0 Å². The van der Waals surface area contributed by atoms with Crippen LogP contribution in [-0.4, -0.2) is 79.7 Å². The van der Waals surface area contributed by atoms with E-state index < -0.39 is 5.54 Å². The Labute approximate surface area is 254 Å². The van der Waals surface area contributed by atoms with Crippen LogP contribution in [0.3, 0.4) is 0 Å². The van der Waals surface area contributed by atoms with Gasteiger partial charge in [-0.25, -0.2) is 14.8 Å². The fraction of sp³-hybridized carbons (Fsp3) is 0.344. The monoisotopic (exact) mass is 594 g/mol. The highest BCUT2D eigenvalue weighted by molar-refractivity contribution is 5.97. The van der Waals surface area contributed by atoms with Gasteiger partial charge in [-0.1, -0.05) is 18.2 Å². The number of nitrogens with zero attached hydrogens (tertiary/aromatic N) is 7. The molecule has 4 aromatic rings. The standard InChI is InChI=1S/C32H34N8O4/c1-32(2,38-14-16-43-17-15-38)18-22(19-33)30(41)37-13-12-24(20-37)40-29-27(28(34)35-21-36-29)39(31(40)42)23-8-10-26(11-9-23)44-25-6-4-3-5-7-25/h3-11,18,21,24H,12-17,20H2,1-2H3,(H2,34,35,36)/t24-/m0/s1. The van der Waals surface area contributed by atoms with E-state index in [4.69, 9.17) is 15.2 Å². The molecule has 0 spiro atoms. The number of hydrogen-bond acceptors (Lipinski definition) is 9. The van der Waals surface area contributed by atoms with E-state index in [0.29, 0.717) is 54.5 Å². The molecule has 44 heavy (non-hydrogen) atoms. The van der Waals surface area contributed by atoms with Crippen LogP contribution in [0.25, 0.3) is 16.9 Å². The van der Waals surface area contributed by atoms with Crippen molar-refractivity contribution >= 4 is 22.9 Å². The number of rotatable bonds is 7. The maximum absolute atomic E-state index is 14.0. The molecule has 0 saturated carbocycles. The van der Waals surface area contributed by atoms with Crippen LogP contribution in [0.15, 0.2) is 77.4 Å². The third-order valence-corrected chi connectivity index (χ3v) is 8.24. The van der Waals surface area contributed by atoms with Crippen LogP contribution in [0.2, 0.25) is 0 Å². The van der Waals surface area contributed by atoms with E-state index in [9.17, 15) is 14.9 Å². The molecule has 0 radical (unpaired) electrons. The van der Waals surface area contributed by atoms with Crippen molar-refractivity contribution in [1.82, 2.24) is 28.9 Å². The first kappa shape index (κ1) is 29.1. The molecule has 2 aliphatic heterocycles. The summed E-state index contributed by atoms with van der Waals surface area (Å²) in [7, 11) is 0. The van der Waals surface area contributed by atoms with Crippen molar-refractivity contribution in [3.8, 4) is 23.3 Å². The van der Waals surface area contributed by atoms with Gasteiger partial charge in [0.1, 0.15) is 35.0 Å².